The molecule has 2 aromatic carbocycles. The van der Waals surface area contributed by atoms with Crippen LogP contribution in [0.25, 0.3) is 0 Å². The lowest BCUT2D eigenvalue weighted by Crippen LogP contribution is -2.35. The standard InChI is InChI=1S/C19H23Cl2N3O3S/c1-23(2)18(14-7-5-6-8-16(14)20)12-22-19(25)15-11-13(9-10-17(15)21)28(26,27)24(3)4/h5-11,18H,12H2,1-4H3,(H,22,25). The molecule has 2 rings (SSSR count). The number of nitrogens with one attached hydrogen (secondary N) is 1. The minimum absolute atomic E-state index is 0.00214. The summed E-state index contributed by atoms with van der Waals surface area (Å²) in [7, 11) is 2.95. The minimum atomic E-state index is -3.67. The van der Waals surface area contributed by atoms with Crippen molar-refractivity contribution in [3.63, 3.8) is 0 Å². The first-order valence-electron chi connectivity index (χ1n) is 8.47. The number of likely N-dealkylation sites (N-methyl/N-ethyl adjacent to an activating group) is 1. The number of hydrogen-bond donors (Lipinski definition) is 1. The number of benzene rings is 2. The molecule has 0 aliphatic carbocycles. The third-order valence-electron chi connectivity index (χ3n) is 4.30. The maximum Gasteiger partial charge on any atom is 0.252 e. The Kier molecular flexibility index (Phi) is 7.47. The Morgan fingerprint density at radius 2 is 1.68 bits per heavy atom. The zero-order valence-electron chi connectivity index (χ0n) is 16.1. The second-order valence-electron chi connectivity index (χ2n) is 6.64. The first kappa shape index (κ1) is 22.6. The number of sulfonamides is 1. The van der Waals surface area contributed by atoms with Crippen molar-refractivity contribution in [2.75, 3.05) is 34.7 Å². The van der Waals surface area contributed by atoms with Gasteiger partial charge in [0.1, 0.15) is 0 Å². The number of carbonyl (C=O) groups excluding carboxylic acids is 1. The molecule has 0 radical (unpaired) electrons. The molecule has 0 saturated heterocycles. The largest absolute Gasteiger partial charge is 0.350 e. The average Bonchev–Trinajstić information content (AvgIpc) is 2.62. The van der Waals surface area contributed by atoms with Gasteiger partial charge in [-0.15, -0.1) is 0 Å². The number of rotatable bonds is 7. The fourth-order valence-corrected chi connectivity index (χ4v) is 4.04. The smallest absolute Gasteiger partial charge is 0.252 e. The number of nitrogens with zero attached hydrogens (tertiary/aromatic N) is 2. The van der Waals surface area contributed by atoms with Crippen molar-refractivity contribution >= 4 is 39.1 Å². The van der Waals surface area contributed by atoms with Gasteiger partial charge in [0.15, 0.2) is 0 Å². The maximum atomic E-state index is 12.7. The first-order chi connectivity index (χ1) is 13.1. The second kappa shape index (κ2) is 9.24. The monoisotopic (exact) mass is 443 g/mol. The zero-order valence-corrected chi connectivity index (χ0v) is 18.4. The fourth-order valence-electron chi connectivity index (χ4n) is 2.65. The van der Waals surface area contributed by atoms with E-state index in [0.717, 1.165) is 9.87 Å². The summed E-state index contributed by atoms with van der Waals surface area (Å²) in [5.74, 6) is -0.459. The molecular formula is C19H23Cl2N3O3S. The van der Waals surface area contributed by atoms with Crippen molar-refractivity contribution in [3.8, 4) is 0 Å². The Hall–Kier alpha value is -1.64. The van der Waals surface area contributed by atoms with Crippen LogP contribution >= 0.6 is 23.2 Å². The maximum absolute atomic E-state index is 12.7. The van der Waals surface area contributed by atoms with E-state index in [1.54, 1.807) is 6.07 Å². The molecule has 1 amide bonds. The molecule has 0 aliphatic rings. The Balaban J connectivity index is 2.26. The fraction of sp³-hybridized carbons (Fsp3) is 0.316. The van der Waals surface area contributed by atoms with Crippen molar-refractivity contribution in [3.05, 3.63) is 63.6 Å². The lowest BCUT2D eigenvalue weighted by atomic mass is 10.1. The molecule has 0 aromatic heterocycles. The lowest BCUT2D eigenvalue weighted by Gasteiger charge is -2.26. The van der Waals surface area contributed by atoms with Crippen molar-refractivity contribution in [1.82, 2.24) is 14.5 Å². The van der Waals surface area contributed by atoms with Crippen LogP contribution in [0.1, 0.15) is 22.0 Å². The molecule has 0 bridgehead atoms. The summed E-state index contributed by atoms with van der Waals surface area (Å²) in [6.45, 7) is 0.274. The van der Waals surface area contributed by atoms with Crippen LogP contribution in [0, 0.1) is 0 Å². The summed E-state index contributed by atoms with van der Waals surface area (Å²) in [6.07, 6.45) is 0. The Morgan fingerprint density at radius 1 is 1.04 bits per heavy atom. The van der Waals surface area contributed by atoms with E-state index in [0.29, 0.717) is 5.02 Å². The van der Waals surface area contributed by atoms with Crippen molar-refractivity contribution in [1.29, 1.82) is 0 Å². The first-order valence-corrected chi connectivity index (χ1v) is 10.7. The van der Waals surface area contributed by atoms with Gasteiger partial charge in [-0.05, 0) is 43.9 Å². The van der Waals surface area contributed by atoms with Crippen LogP contribution in [0.15, 0.2) is 47.4 Å². The quantitative estimate of drug-likeness (QED) is 0.712. The van der Waals surface area contributed by atoms with E-state index in [-0.39, 0.29) is 28.1 Å². The minimum Gasteiger partial charge on any atom is -0.350 e. The molecule has 9 heteroatoms. The topological polar surface area (TPSA) is 69.7 Å². The number of carbonyl (C=O) groups is 1. The van der Waals surface area contributed by atoms with E-state index in [2.05, 4.69) is 5.32 Å². The summed E-state index contributed by atoms with van der Waals surface area (Å²) in [6, 6.07) is 11.3. The summed E-state index contributed by atoms with van der Waals surface area (Å²) in [4.78, 5) is 14.6. The molecule has 28 heavy (non-hydrogen) atoms. The van der Waals surface area contributed by atoms with Gasteiger partial charge in [0.2, 0.25) is 10.0 Å². The Morgan fingerprint density at radius 3 is 2.25 bits per heavy atom. The Bertz CT molecular complexity index is 963. The highest BCUT2D eigenvalue weighted by molar-refractivity contribution is 7.89. The highest BCUT2D eigenvalue weighted by atomic mass is 35.5. The number of hydrogen-bond acceptors (Lipinski definition) is 4. The van der Waals surface area contributed by atoms with Crippen molar-refractivity contribution in [2.24, 2.45) is 0 Å². The van der Waals surface area contributed by atoms with Crippen LogP contribution < -0.4 is 5.32 Å². The van der Waals surface area contributed by atoms with Gasteiger partial charge in [-0.1, -0.05) is 41.4 Å². The summed E-state index contributed by atoms with van der Waals surface area (Å²) in [5, 5.41) is 3.60. The molecule has 0 fully saturated rings. The molecule has 1 N–H and O–H groups in total. The van der Waals surface area contributed by atoms with Crippen molar-refractivity contribution in [2.45, 2.75) is 10.9 Å². The molecule has 1 unspecified atom stereocenters. The van der Waals surface area contributed by atoms with Gasteiger partial charge in [0, 0.05) is 25.7 Å². The van der Waals surface area contributed by atoms with Gasteiger partial charge >= 0.3 is 0 Å². The molecular weight excluding hydrogens is 421 g/mol. The van der Waals surface area contributed by atoms with E-state index >= 15 is 0 Å². The highest BCUT2D eigenvalue weighted by Gasteiger charge is 2.22. The number of amides is 1. The molecule has 1 atom stereocenters. The van der Waals surface area contributed by atoms with E-state index in [4.69, 9.17) is 23.2 Å². The van der Waals surface area contributed by atoms with Crippen LogP contribution in [0.3, 0.4) is 0 Å². The third-order valence-corrected chi connectivity index (χ3v) is 6.79. The van der Waals surface area contributed by atoms with Gasteiger partial charge in [-0.3, -0.25) is 4.79 Å². The average molecular weight is 444 g/mol. The van der Waals surface area contributed by atoms with Crippen LogP contribution in [-0.4, -0.2) is 58.3 Å². The van der Waals surface area contributed by atoms with Crippen LogP contribution in [0.5, 0.6) is 0 Å². The Labute approximate surface area is 176 Å². The van der Waals surface area contributed by atoms with Gasteiger partial charge in [0.05, 0.1) is 21.5 Å². The summed E-state index contributed by atoms with van der Waals surface area (Å²) in [5.41, 5.74) is 0.978. The van der Waals surface area contributed by atoms with Gasteiger partial charge in [-0.25, -0.2) is 12.7 Å². The molecule has 2 aromatic rings. The number of halogens is 2. The van der Waals surface area contributed by atoms with Gasteiger partial charge in [-0.2, -0.15) is 0 Å². The van der Waals surface area contributed by atoms with Crippen LogP contribution in [-0.2, 0) is 10.0 Å². The molecule has 0 aliphatic heterocycles. The predicted molar refractivity (Wildman–Crippen MR) is 113 cm³/mol. The lowest BCUT2D eigenvalue weighted by molar-refractivity contribution is 0.0942. The van der Waals surface area contributed by atoms with Crippen LogP contribution in [0.4, 0.5) is 0 Å². The van der Waals surface area contributed by atoms with E-state index in [1.165, 1.54) is 32.3 Å². The van der Waals surface area contributed by atoms with Gasteiger partial charge < -0.3 is 10.2 Å². The second-order valence-corrected chi connectivity index (χ2v) is 9.61. The van der Waals surface area contributed by atoms with E-state index < -0.39 is 15.9 Å². The SMILES string of the molecule is CN(C)C(CNC(=O)c1cc(S(=O)(=O)N(C)C)ccc1Cl)c1ccccc1Cl. The summed E-state index contributed by atoms with van der Waals surface area (Å²) < 4.78 is 25.7. The molecule has 6 nitrogen and oxygen atoms in total. The van der Waals surface area contributed by atoms with E-state index in [1.807, 2.05) is 37.2 Å². The summed E-state index contributed by atoms with van der Waals surface area (Å²) >= 11 is 12.4. The highest BCUT2D eigenvalue weighted by Crippen LogP contribution is 2.26. The third kappa shape index (κ3) is 5.04. The van der Waals surface area contributed by atoms with Gasteiger partial charge in [0.25, 0.3) is 5.91 Å². The van der Waals surface area contributed by atoms with Crippen molar-refractivity contribution < 1.29 is 13.2 Å². The van der Waals surface area contributed by atoms with Crippen LogP contribution in [0.2, 0.25) is 10.0 Å². The molecule has 152 valence electrons. The molecule has 0 heterocycles. The zero-order chi connectivity index (χ0) is 21.1. The van der Waals surface area contributed by atoms with E-state index in [9.17, 15) is 13.2 Å². The predicted octanol–water partition coefficient (Wildman–Crippen LogP) is 3.28. The normalized spacial score (nSPS) is 13.0. The molecule has 0 spiro atoms. The molecule has 0 saturated carbocycles.